The van der Waals surface area contributed by atoms with Crippen molar-refractivity contribution >= 4 is 28.1 Å². The third kappa shape index (κ3) is 2.48. The van der Waals surface area contributed by atoms with E-state index in [1.165, 1.54) is 17.7 Å². The fourth-order valence-corrected chi connectivity index (χ4v) is 3.87. The van der Waals surface area contributed by atoms with E-state index in [9.17, 15) is 0 Å². The number of nitrogens with one attached hydrogen (secondary N) is 1. The molecule has 1 saturated carbocycles. The average molecular weight is 309 g/mol. The zero-order valence-electron chi connectivity index (χ0n) is 12.8. The van der Waals surface area contributed by atoms with Crippen LogP contribution in [0.4, 0.5) is 5.82 Å². The lowest BCUT2D eigenvalue weighted by atomic mass is 9.82. The lowest BCUT2D eigenvalue weighted by molar-refractivity contribution is 0.309. The summed E-state index contributed by atoms with van der Waals surface area (Å²) in [6.07, 6.45) is 2.46. The molecule has 0 aliphatic heterocycles. The second-order valence-electron chi connectivity index (χ2n) is 6.24. The van der Waals surface area contributed by atoms with Crippen molar-refractivity contribution in [3.05, 3.63) is 41.3 Å². The van der Waals surface area contributed by atoms with Crippen LogP contribution in [0.25, 0.3) is 21.6 Å². The van der Waals surface area contributed by atoms with E-state index in [-0.39, 0.29) is 0 Å². The first-order chi connectivity index (χ1) is 10.7. The highest BCUT2D eigenvalue weighted by Gasteiger charge is 2.26. The monoisotopic (exact) mass is 309 g/mol. The first kappa shape index (κ1) is 13.7. The van der Waals surface area contributed by atoms with Gasteiger partial charge in [0, 0.05) is 16.3 Å². The summed E-state index contributed by atoms with van der Waals surface area (Å²) in [5.74, 6) is 2.63. The van der Waals surface area contributed by atoms with E-state index < -0.39 is 0 Å². The zero-order valence-corrected chi connectivity index (χ0v) is 13.7. The molecule has 112 valence electrons. The normalized spacial score (nSPS) is 20.8. The molecule has 4 heteroatoms. The molecule has 22 heavy (non-hydrogen) atoms. The molecule has 0 atom stereocenters. The molecule has 3 nitrogen and oxygen atoms in total. The van der Waals surface area contributed by atoms with Gasteiger partial charge in [-0.05, 0) is 49.9 Å². The molecule has 0 spiro atoms. The Bertz CT molecular complexity index is 818. The first-order valence-corrected chi connectivity index (χ1v) is 8.61. The summed E-state index contributed by atoms with van der Waals surface area (Å²) < 4.78 is 0. The van der Waals surface area contributed by atoms with E-state index in [0.29, 0.717) is 6.04 Å². The highest BCUT2D eigenvalue weighted by molar-refractivity contribution is 7.15. The van der Waals surface area contributed by atoms with E-state index in [1.54, 1.807) is 11.3 Å². The van der Waals surface area contributed by atoms with Crippen molar-refractivity contribution in [3.8, 4) is 10.7 Å². The number of aryl methyl sites for hydroxylation is 1. The van der Waals surface area contributed by atoms with Crippen molar-refractivity contribution in [2.24, 2.45) is 5.92 Å². The van der Waals surface area contributed by atoms with Crippen molar-refractivity contribution in [3.63, 3.8) is 0 Å². The SMILES string of the molecule is Cc1ccc(-c2nc(NC3CC(C)C3)c3ccccc3n2)s1. The Kier molecular flexibility index (Phi) is 3.34. The molecule has 0 bridgehead atoms. The number of anilines is 1. The van der Waals surface area contributed by atoms with E-state index in [4.69, 9.17) is 9.97 Å². The molecule has 0 saturated heterocycles. The molecule has 4 rings (SSSR count). The summed E-state index contributed by atoms with van der Waals surface area (Å²) >= 11 is 1.74. The van der Waals surface area contributed by atoms with Crippen molar-refractivity contribution in [2.75, 3.05) is 5.32 Å². The first-order valence-electron chi connectivity index (χ1n) is 7.79. The van der Waals surface area contributed by atoms with Gasteiger partial charge < -0.3 is 5.32 Å². The molecule has 0 radical (unpaired) electrons. The molecule has 1 aromatic carbocycles. The van der Waals surface area contributed by atoms with Crippen LogP contribution in [0.2, 0.25) is 0 Å². The van der Waals surface area contributed by atoms with Crippen LogP contribution in [0.15, 0.2) is 36.4 Å². The number of rotatable bonds is 3. The summed E-state index contributed by atoms with van der Waals surface area (Å²) in [6.45, 7) is 4.42. The summed E-state index contributed by atoms with van der Waals surface area (Å²) in [5.41, 5.74) is 1.01. The predicted octanol–water partition coefficient (Wildman–Crippen LogP) is 4.88. The fraction of sp³-hybridized carbons (Fsp3) is 0.333. The summed E-state index contributed by atoms with van der Waals surface area (Å²) in [5, 5.41) is 4.73. The Balaban J connectivity index is 1.78. The standard InChI is InChI=1S/C18H19N3S/c1-11-9-13(10-11)19-17-14-5-3-4-6-15(14)20-18(21-17)16-8-7-12(2)22-16/h3-8,11,13H,9-10H2,1-2H3,(H,19,20,21). The molecular weight excluding hydrogens is 290 g/mol. The smallest absolute Gasteiger partial charge is 0.172 e. The summed E-state index contributed by atoms with van der Waals surface area (Å²) in [6, 6.07) is 13.0. The molecule has 2 heterocycles. The number of aromatic nitrogens is 2. The molecule has 1 aliphatic carbocycles. The van der Waals surface area contributed by atoms with Gasteiger partial charge in [-0.2, -0.15) is 0 Å². The van der Waals surface area contributed by atoms with Gasteiger partial charge >= 0.3 is 0 Å². The quantitative estimate of drug-likeness (QED) is 0.749. The van der Waals surface area contributed by atoms with Crippen LogP contribution in [0.5, 0.6) is 0 Å². The zero-order chi connectivity index (χ0) is 15.1. The summed E-state index contributed by atoms with van der Waals surface area (Å²) in [4.78, 5) is 12.0. The van der Waals surface area contributed by atoms with Crippen LogP contribution in [-0.2, 0) is 0 Å². The van der Waals surface area contributed by atoms with Gasteiger partial charge in [0.15, 0.2) is 5.82 Å². The van der Waals surface area contributed by atoms with E-state index >= 15 is 0 Å². The van der Waals surface area contributed by atoms with Crippen LogP contribution < -0.4 is 5.32 Å². The third-order valence-corrected chi connectivity index (χ3v) is 5.28. The van der Waals surface area contributed by atoms with E-state index in [0.717, 1.165) is 33.3 Å². The topological polar surface area (TPSA) is 37.8 Å². The number of hydrogen-bond acceptors (Lipinski definition) is 4. The average Bonchev–Trinajstić information content (AvgIpc) is 2.92. The van der Waals surface area contributed by atoms with Crippen LogP contribution in [0.3, 0.4) is 0 Å². The second kappa shape index (κ2) is 5.36. The van der Waals surface area contributed by atoms with Gasteiger partial charge in [0.1, 0.15) is 5.82 Å². The van der Waals surface area contributed by atoms with Crippen LogP contribution in [0, 0.1) is 12.8 Å². The fourth-order valence-electron chi connectivity index (χ4n) is 3.07. The van der Waals surface area contributed by atoms with Gasteiger partial charge in [-0.25, -0.2) is 9.97 Å². The molecule has 3 aromatic rings. The Morgan fingerprint density at radius 2 is 1.91 bits per heavy atom. The Morgan fingerprint density at radius 1 is 1.09 bits per heavy atom. The van der Waals surface area contributed by atoms with Crippen LogP contribution in [0.1, 0.15) is 24.6 Å². The lowest BCUT2D eigenvalue weighted by Crippen LogP contribution is -2.34. The Morgan fingerprint density at radius 3 is 2.64 bits per heavy atom. The predicted molar refractivity (Wildman–Crippen MR) is 93.4 cm³/mol. The van der Waals surface area contributed by atoms with Gasteiger partial charge in [0.25, 0.3) is 0 Å². The minimum absolute atomic E-state index is 0.547. The van der Waals surface area contributed by atoms with Crippen LogP contribution in [-0.4, -0.2) is 16.0 Å². The minimum atomic E-state index is 0.547. The van der Waals surface area contributed by atoms with Gasteiger partial charge in [0.05, 0.1) is 10.4 Å². The lowest BCUT2D eigenvalue weighted by Gasteiger charge is -2.34. The number of para-hydroxylation sites is 1. The number of thiophene rings is 1. The maximum atomic E-state index is 4.82. The number of fused-ring (bicyclic) bond motifs is 1. The minimum Gasteiger partial charge on any atom is -0.367 e. The van der Waals surface area contributed by atoms with Gasteiger partial charge in [-0.15, -0.1) is 11.3 Å². The summed E-state index contributed by atoms with van der Waals surface area (Å²) in [7, 11) is 0. The molecule has 1 aliphatic rings. The molecular formula is C18H19N3S. The second-order valence-corrected chi connectivity index (χ2v) is 7.53. The molecule has 1 fully saturated rings. The maximum Gasteiger partial charge on any atom is 0.172 e. The Hall–Kier alpha value is -1.94. The highest BCUT2D eigenvalue weighted by Crippen LogP contribution is 2.33. The largest absolute Gasteiger partial charge is 0.367 e. The Labute approximate surface area is 134 Å². The van der Waals surface area contributed by atoms with Crippen molar-refractivity contribution in [2.45, 2.75) is 32.7 Å². The number of nitrogens with zero attached hydrogens (tertiary/aromatic N) is 2. The van der Waals surface area contributed by atoms with Crippen molar-refractivity contribution in [1.82, 2.24) is 9.97 Å². The highest BCUT2D eigenvalue weighted by atomic mass is 32.1. The van der Waals surface area contributed by atoms with Crippen LogP contribution >= 0.6 is 11.3 Å². The molecule has 1 N–H and O–H groups in total. The third-order valence-electron chi connectivity index (χ3n) is 4.28. The van der Waals surface area contributed by atoms with Gasteiger partial charge in [-0.3, -0.25) is 0 Å². The number of hydrogen-bond donors (Lipinski definition) is 1. The molecule has 0 amide bonds. The van der Waals surface area contributed by atoms with E-state index in [1.807, 2.05) is 6.07 Å². The van der Waals surface area contributed by atoms with Gasteiger partial charge in [-0.1, -0.05) is 19.1 Å². The molecule has 0 unspecified atom stereocenters. The molecule has 2 aromatic heterocycles. The maximum absolute atomic E-state index is 4.82. The number of benzene rings is 1. The van der Waals surface area contributed by atoms with E-state index in [2.05, 4.69) is 49.5 Å². The van der Waals surface area contributed by atoms with Crippen molar-refractivity contribution < 1.29 is 0 Å². The van der Waals surface area contributed by atoms with Crippen molar-refractivity contribution in [1.29, 1.82) is 0 Å². The van der Waals surface area contributed by atoms with Gasteiger partial charge in [0.2, 0.25) is 0 Å².